The van der Waals surface area contributed by atoms with Crippen LogP contribution in [0.15, 0.2) is 18.2 Å². The third-order valence-corrected chi connectivity index (χ3v) is 3.06. The van der Waals surface area contributed by atoms with Crippen LogP contribution in [0.25, 0.3) is 0 Å². The Balaban J connectivity index is 3.09. The van der Waals surface area contributed by atoms with Crippen molar-refractivity contribution in [1.29, 1.82) is 0 Å². The molecule has 1 rings (SSSR count). The average molecular weight is 236 g/mol. The molecule has 0 saturated carbocycles. The van der Waals surface area contributed by atoms with Gasteiger partial charge in [0.15, 0.2) is 0 Å². The zero-order valence-electron chi connectivity index (χ0n) is 10.7. The molecule has 0 aliphatic rings. The van der Waals surface area contributed by atoms with Crippen LogP contribution in [0.2, 0.25) is 0 Å². The van der Waals surface area contributed by atoms with E-state index in [1.54, 1.807) is 7.11 Å². The summed E-state index contributed by atoms with van der Waals surface area (Å²) in [6.45, 7) is 4.09. The summed E-state index contributed by atoms with van der Waals surface area (Å²) in [5.74, 6) is 0.0463. The molecule has 1 unspecified atom stereocenters. The molecule has 3 nitrogen and oxygen atoms in total. The number of methoxy groups -OCH3 is 1. The van der Waals surface area contributed by atoms with Crippen molar-refractivity contribution in [1.82, 2.24) is 0 Å². The highest BCUT2D eigenvalue weighted by molar-refractivity contribution is 5.68. The number of aliphatic carboxylic acids is 1. The van der Waals surface area contributed by atoms with E-state index in [9.17, 15) is 4.79 Å². The number of hydrogen-bond acceptors (Lipinski definition) is 2. The van der Waals surface area contributed by atoms with Crippen LogP contribution < -0.4 is 4.74 Å². The molecule has 1 atom stereocenters. The van der Waals surface area contributed by atoms with Crippen LogP contribution >= 0.6 is 0 Å². The predicted molar refractivity (Wildman–Crippen MR) is 67.7 cm³/mol. The molecule has 0 amide bonds. The summed E-state index contributed by atoms with van der Waals surface area (Å²) < 4.78 is 5.32. The van der Waals surface area contributed by atoms with E-state index in [2.05, 4.69) is 13.0 Å². The molecule has 0 heterocycles. The van der Waals surface area contributed by atoms with E-state index >= 15 is 0 Å². The minimum atomic E-state index is -0.763. The number of rotatable bonds is 6. The topological polar surface area (TPSA) is 46.5 Å². The molecular formula is C14H20O3. The summed E-state index contributed by atoms with van der Waals surface area (Å²) in [7, 11) is 1.62. The van der Waals surface area contributed by atoms with E-state index in [4.69, 9.17) is 9.84 Å². The van der Waals surface area contributed by atoms with Gasteiger partial charge in [0.1, 0.15) is 5.75 Å². The standard InChI is InChI=1S/C14H20O3/c1-4-10-6-7-13(17-3)12(8-10)11(5-2)9-14(15)16/h6-8,11H,4-5,9H2,1-3H3,(H,15,16). The highest BCUT2D eigenvalue weighted by atomic mass is 16.5. The Morgan fingerprint density at radius 2 is 2.12 bits per heavy atom. The van der Waals surface area contributed by atoms with E-state index in [0.29, 0.717) is 0 Å². The van der Waals surface area contributed by atoms with Gasteiger partial charge in [-0.25, -0.2) is 0 Å². The molecule has 3 heteroatoms. The van der Waals surface area contributed by atoms with Crippen molar-refractivity contribution >= 4 is 5.97 Å². The monoisotopic (exact) mass is 236 g/mol. The molecule has 1 aromatic rings. The normalized spacial score (nSPS) is 12.2. The number of aryl methyl sites for hydroxylation is 1. The van der Waals surface area contributed by atoms with Crippen LogP contribution in [0.1, 0.15) is 43.7 Å². The van der Waals surface area contributed by atoms with Crippen LogP contribution in [-0.2, 0) is 11.2 Å². The van der Waals surface area contributed by atoms with Crippen LogP contribution in [-0.4, -0.2) is 18.2 Å². The lowest BCUT2D eigenvalue weighted by Gasteiger charge is -2.17. The van der Waals surface area contributed by atoms with Crippen molar-refractivity contribution in [3.05, 3.63) is 29.3 Å². The van der Waals surface area contributed by atoms with Crippen molar-refractivity contribution in [3.63, 3.8) is 0 Å². The predicted octanol–water partition coefficient (Wildman–Crippen LogP) is 3.23. The van der Waals surface area contributed by atoms with Gasteiger partial charge in [0.25, 0.3) is 0 Å². The van der Waals surface area contributed by atoms with Crippen LogP contribution in [0.5, 0.6) is 5.75 Å². The van der Waals surface area contributed by atoms with Gasteiger partial charge in [0.05, 0.1) is 13.5 Å². The number of carbonyl (C=O) groups is 1. The second-order valence-electron chi connectivity index (χ2n) is 4.13. The van der Waals surface area contributed by atoms with Crippen molar-refractivity contribution < 1.29 is 14.6 Å². The van der Waals surface area contributed by atoms with Crippen LogP contribution in [0.3, 0.4) is 0 Å². The van der Waals surface area contributed by atoms with Gasteiger partial charge in [-0.3, -0.25) is 4.79 Å². The van der Waals surface area contributed by atoms with E-state index < -0.39 is 5.97 Å². The summed E-state index contributed by atoms with van der Waals surface area (Å²) in [6.07, 6.45) is 1.90. The Bertz CT molecular complexity index is 385. The maximum atomic E-state index is 10.9. The van der Waals surface area contributed by atoms with Crippen molar-refractivity contribution in [3.8, 4) is 5.75 Å². The first-order valence-electron chi connectivity index (χ1n) is 6.00. The smallest absolute Gasteiger partial charge is 0.303 e. The van der Waals surface area contributed by atoms with Crippen molar-refractivity contribution in [2.75, 3.05) is 7.11 Å². The third-order valence-electron chi connectivity index (χ3n) is 3.06. The fraction of sp³-hybridized carbons (Fsp3) is 0.500. The minimum Gasteiger partial charge on any atom is -0.496 e. The second kappa shape index (κ2) is 6.28. The summed E-state index contributed by atoms with van der Waals surface area (Å²) in [4.78, 5) is 10.9. The maximum absolute atomic E-state index is 10.9. The number of carboxylic acids is 1. The molecule has 0 bridgehead atoms. The lowest BCUT2D eigenvalue weighted by atomic mass is 9.91. The van der Waals surface area contributed by atoms with Gasteiger partial charge in [0, 0.05) is 0 Å². The number of ether oxygens (including phenoxy) is 1. The molecule has 0 aliphatic heterocycles. The minimum absolute atomic E-state index is 0.0222. The first-order chi connectivity index (χ1) is 8.12. The molecule has 0 aromatic heterocycles. The summed E-state index contributed by atoms with van der Waals surface area (Å²) in [5, 5.41) is 8.93. The molecule has 1 aromatic carbocycles. The zero-order valence-corrected chi connectivity index (χ0v) is 10.7. The summed E-state index contributed by atoms with van der Waals surface area (Å²) in [5.41, 5.74) is 2.22. The number of benzene rings is 1. The lowest BCUT2D eigenvalue weighted by Crippen LogP contribution is -2.07. The second-order valence-corrected chi connectivity index (χ2v) is 4.13. The van der Waals surface area contributed by atoms with Gasteiger partial charge in [-0.1, -0.05) is 26.0 Å². The van der Waals surface area contributed by atoms with E-state index in [1.165, 1.54) is 5.56 Å². The molecule has 0 aliphatic carbocycles. The zero-order chi connectivity index (χ0) is 12.8. The van der Waals surface area contributed by atoms with Crippen LogP contribution in [0.4, 0.5) is 0 Å². The first-order valence-corrected chi connectivity index (χ1v) is 6.00. The van der Waals surface area contributed by atoms with E-state index in [0.717, 1.165) is 24.2 Å². The molecule has 94 valence electrons. The number of hydrogen-bond donors (Lipinski definition) is 1. The molecule has 1 N–H and O–H groups in total. The van der Waals surface area contributed by atoms with Crippen molar-refractivity contribution in [2.24, 2.45) is 0 Å². The van der Waals surface area contributed by atoms with Crippen molar-refractivity contribution in [2.45, 2.75) is 39.0 Å². The van der Waals surface area contributed by atoms with Gasteiger partial charge in [-0.05, 0) is 36.0 Å². The maximum Gasteiger partial charge on any atom is 0.303 e. The first kappa shape index (κ1) is 13.6. The molecule has 0 radical (unpaired) electrons. The SMILES string of the molecule is CCc1ccc(OC)c(C(CC)CC(=O)O)c1. The Hall–Kier alpha value is -1.51. The van der Waals surface area contributed by atoms with E-state index in [-0.39, 0.29) is 12.3 Å². The van der Waals surface area contributed by atoms with Gasteiger partial charge >= 0.3 is 5.97 Å². The largest absolute Gasteiger partial charge is 0.496 e. The fourth-order valence-corrected chi connectivity index (χ4v) is 2.01. The molecule has 0 saturated heterocycles. The number of carboxylic acid groups (broad SMARTS) is 1. The Kier molecular flexibility index (Phi) is 5.01. The molecule has 17 heavy (non-hydrogen) atoms. The summed E-state index contributed by atoms with van der Waals surface area (Å²) in [6, 6.07) is 6.02. The third kappa shape index (κ3) is 3.48. The van der Waals surface area contributed by atoms with Gasteiger partial charge in [-0.15, -0.1) is 0 Å². The fourth-order valence-electron chi connectivity index (χ4n) is 2.01. The molecular weight excluding hydrogens is 216 g/mol. The highest BCUT2D eigenvalue weighted by Gasteiger charge is 2.18. The summed E-state index contributed by atoms with van der Waals surface area (Å²) >= 11 is 0. The van der Waals surface area contributed by atoms with Gasteiger partial charge < -0.3 is 9.84 Å². The van der Waals surface area contributed by atoms with E-state index in [1.807, 2.05) is 19.1 Å². The molecule has 0 spiro atoms. The van der Waals surface area contributed by atoms with Gasteiger partial charge in [-0.2, -0.15) is 0 Å². The van der Waals surface area contributed by atoms with Gasteiger partial charge in [0.2, 0.25) is 0 Å². The average Bonchev–Trinajstić information content (AvgIpc) is 2.34. The van der Waals surface area contributed by atoms with Crippen LogP contribution in [0, 0.1) is 0 Å². The lowest BCUT2D eigenvalue weighted by molar-refractivity contribution is -0.137. The highest BCUT2D eigenvalue weighted by Crippen LogP contribution is 2.32. The quantitative estimate of drug-likeness (QED) is 0.824. The molecule has 0 fully saturated rings. The Morgan fingerprint density at radius 1 is 1.41 bits per heavy atom. The Morgan fingerprint density at radius 3 is 2.59 bits per heavy atom. The Labute approximate surface area is 102 Å².